The highest BCUT2D eigenvalue weighted by molar-refractivity contribution is 6.30. The van der Waals surface area contributed by atoms with Crippen LogP contribution in [0, 0.1) is 5.92 Å². The third kappa shape index (κ3) is 7.17. The van der Waals surface area contributed by atoms with Gasteiger partial charge in [-0.15, -0.1) is 0 Å². The van der Waals surface area contributed by atoms with Gasteiger partial charge >= 0.3 is 6.03 Å². The lowest BCUT2D eigenvalue weighted by Crippen LogP contribution is -2.59. The summed E-state index contributed by atoms with van der Waals surface area (Å²) < 4.78 is 6.30. The lowest BCUT2D eigenvalue weighted by molar-refractivity contribution is -0.135. The Bertz CT molecular complexity index is 1800. The van der Waals surface area contributed by atoms with E-state index in [9.17, 15) is 4.79 Å². The van der Waals surface area contributed by atoms with Gasteiger partial charge in [0.25, 0.3) is 0 Å². The fraction of sp³-hybridized carbons (Fsp3) is 0.524. The average Bonchev–Trinajstić information content (AvgIpc) is 3.36. The molecule has 0 spiro atoms. The highest BCUT2D eigenvalue weighted by atomic mass is 35.5. The zero-order valence-electron chi connectivity index (χ0n) is 31.7. The summed E-state index contributed by atoms with van der Waals surface area (Å²) in [6.45, 7) is 17.0. The molecule has 8 nitrogen and oxygen atoms in total. The number of benzene rings is 2. The Morgan fingerprint density at radius 2 is 1.52 bits per heavy atom. The molecular weight excluding hydrogens is 693 g/mol. The third-order valence-electron chi connectivity index (χ3n) is 11.6. The van der Waals surface area contributed by atoms with Crippen molar-refractivity contribution in [1.29, 1.82) is 0 Å². The predicted molar refractivity (Wildman–Crippen MR) is 209 cm³/mol. The Morgan fingerprint density at radius 3 is 2.10 bits per heavy atom. The van der Waals surface area contributed by atoms with Gasteiger partial charge in [-0.25, -0.2) is 4.79 Å². The van der Waals surface area contributed by atoms with Crippen LogP contribution in [0.5, 0.6) is 5.75 Å². The second kappa shape index (κ2) is 15.0. The number of rotatable bonds is 7. The second-order valence-electron chi connectivity index (χ2n) is 16.0. The van der Waals surface area contributed by atoms with Gasteiger partial charge in [0.05, 0.1) is 12.2 Å². The molecule has 4 heterocycles. The Kier molecular flexibility index (Phi) is 11.0. The van der Waals surface area contributed by atoms with Crippen LogP contribution < -0.4 is 4.74 Å². The minimum atomic E-state index is -1.01. The SMILES string of the molecule is CCOc1cc(C(C)(C)C)ncc1C1=N[C@@](C)(c2ccc(Cl)cc2)[C@@](C)(c2ccc(Cl)cc2)N1C(=O)N1CCC(CC(=O)N2CCCCC2C)CC1. The number of likely N-dealkylation sites (tertiary alicyclic amines) is 2. The fourth-order valence-electron chi connectivity index (χ4n) is 8.16. The van der Waals surface area contributed by atoms with E-state index in [-0.39, 0.29) is 23.3 Å². The summed E-state index contributed by atoms with van der Waals surface area (Å²) in [5.74, 6) is 1.60. The van der Waals surface area contributed by atoms with Crippen molar-refractivity contribution in [3.8, 4) is 5.75 Å². The highest BCUT2D eigenvalue weighted by Crippen LogP contribution is 2.54. The van der Waals surface area contributed by atoms with Crippen LogP contribution in [-0.2, 0) is 21.3 Å². The van der Waals surface area contributed by atoms with Crippen LogP contribution in [0.3, 0.4) is 0 Å². The van der Waals surface area contributed by atoms with E-state index >= 15 is 4.79 Å². The average molecular weight is 747 g/mol. The zero-order chi connectivity index (χ0) is 37.4. The number of amidine groups is 1. The van der Waals surface area contributed by atoms with E-state index in [1.165, 1.54) is 6.42 Å². The molecule has 2 saturated heterocycles. The van der Waals surface area contributed by atoms with Crippen molar-refractivity contribution >= 4 is 41.0 Å². The van der Waals surface area contributed by atoms with Crippen molar-refractivity contribution < 1.29 is 14.3 Å². The number of ether oxygens (including phenoxy) is 1. The lowest BCUT2D eigenvalue weighted by atomic mass is 9.71. The zero-order valence-corrected chi connectivity index (χ0v) is 33.2. The second-order valence-corrected chi connectivity index (χ2v) is 16.9. The molecule has 1 aromatic heterocycles. The maximum Gasteiger partial charge on any atom is 0.326 e. The molecule has 0 bridgehead atoms. The van der Waals surface area contributed by atoms with E-state index in [0.717, 1.165) is 49.0 Å². The molecule has 3 aromatic rings. The number of carbonyl (C=O) groups is 2. The molecule has 2 aromatic carbocycles. The van der Waals surface area contributed by atoms with E-state index in [0.29, 0.717) is 59.4 Å². The molecule has 3 aliphatic rings. The van der Waals surface area contributed by atoms with E-state index < -0.39 is 11.1 Å². The fourth-order valence-corrected chi connectivity index (χ4v) is 8.41. The molecule has 0 radical (unpaired) electrons. The van der Waals surface area contributed by atoms with Gasteiger partial charge in [-0.2, -0.15) is 0 Å². The van der Waals surface area contributed by atoms with Gasteiger partial charge in [-0.05, 0) is 101 Å². The van der Waals surface area contributed by atoms with Gasteiger partial charge in [0.1, 0.15) is 22.7 Å². The Morgan fingerprint density at radius 1 is 0.904 bits per heavy atom. The maximum absolute atomic E-state index is 15.3. The van der Waals surface area contributed by atoms with Crippen molar-refractivity contribution in [3.05, 3.63) is 93.2 Å². The summed E-state index contributed by atoms with van der Waals surface area (Å²) in [5, 5.41) is 1.22. The van der Waals surface area contributed by atoms with Crippen LogP contribution in [-0.4, -0.2) is 69.7 Å². The smallest absolute Gasteiger partial charge is 0.326 e. The molecule has 52 heavy (non-hydrogen) atoms. The molecule has 10 heteroatoms. The molecule has 3 aliphatic heterocycles. The molecular formula is C42H53Cl2N5O3. The molecule has 278 valence electrons. The van der Waals surface area contributed by atoms with E-state index in [4.69, 9.17) is 37.9 Å². The monoisotopic (exact) mass is 745 g/mol. The third-order valence-corrected chi connectivity index (χ3v) is 12.1. The molecule has 6 rings (SSSR count). The largest absolute Gasteiger partial charge is 0.493 e. The number of halogens is 2. The molecule has 0 aliphatic carbocycles. The van der Waals surface area contributed by atoms with Crippen LogP contribution >= 0.6 is 23.2 Å². The Labute approximate surface area is 319 Å². The normalized spacial score (nSPS) is 24.2. The van der Waals surface area contributed by atoms with Crippen LogP contribution in [0.25, 0.3) is 0 Å². The number of piperidine rings is 2. The first kappa shape index (κ1) is 38.1. The number of aromatic nitrogens is 1. The Balaban J connectivity index is 1.42. The maximum atomic E-state index is 15.3. The molecule has 3 atom stereocenters. The van der Waals surface area contributed by atoms with Crippen molar-refractivity contribution in [2.45, 2.75) is 110 Å². The number of pyridine rings is 1. The van der Waals surface area contributed by atoms with Gasteiger partial charge in [0, 0.05) is 65.5 Å². The van der Waals surface area contributed by atoms with Crippen LogP contribution in [0.2, 0.25) is 10.0 Å². The summed E-state index contributed by atoms with van der Waals surface area (Å²) in [4.78, 5) is 45.0. The van der Waals surface area contributed by atoms with Crippen LogP contribution in [0.4, 0.5) is 4.79 Å². The molecule has 3 amide bonds. The molecule has 1 unspecified atom stereocenters. The predicted octanol–water partition coefficient (Wildman–Crippen LogP) is 9.60. The molecule has 0 N–H and O–H groups in total. The van der Waals surface area contributed by atoms with Gasteiger partial charge in [0.2, 0.25) is 5.91 Å². The first-order valence-electron chi connectivity index (χ1n) is 18.8. The number of carbonyl (C=O) groups excluding carboxylic acids is 2. The van der Waals surface area contributed by atoms with Gasteiger partial charge < -0.3 is 14.5 Å². The minimum Gasteiger partial charge on any atom is -0.493 e. The summed E-state index contributed by atoms with van der Waals surface area (Å²) in [6, 6.07) is 17.5. The van der Waals surface area contributed by atoms with Gasteiger partial charge in [-0.3, -0.25) is 19.7 Å². The summed E-state index contributed by atoms with van der Waals surface area (Å²) >= 11 is 12.9. The minimum absolute atomic E-state index is 0.148. The van der Waals surface area contributed by atoms with Crippen molar-refractivity contribution in [2.24, 2.45) is 10.9 Å². The van der Waals surface area contributed by atoms with Crippen LogP contribution in [0.1, 0.15) is 109 Å². The topological polar surface area (TPSA) is 78.3 Å². The van der Waals surface area contributed by atoms with Crippen molar-refractivity contribution in [3.63, 3.8) is 0 Å². The first-order valence-corrected chi connectivity index (χ1v) is 19.6. The molecule has 0 saturated carbocycles. The summed E-state index contributed by atoms with van der Waals surface area (Å²) in [5.41, 5.74) is 1.13. The van der Waals surface area contributed by atoms with Crippen molar-refractivity contribution in [1.82, 2.24) is 19.7 Å². The Hall–Kier alpha value is -3.62. The van der Waals surface area contributed by atoms with Crippen molar-refractivity contribution in [2.75, 3.05) is 26.2 Å². The first-order chi connectivity index (χ1) is 24.7. The lowest BCUT2D eigenvalue weighted by Gasteiger charge is -2.47. The summed E-state index contributed by atoms with van der Waals surface area (Å²) in [7, 11) is 0. The number of nitrogens with zero attached hydrogens (tertiary/aromatic N) is 5. The van der Waals surface area contributed by atoms with Gasteiger partial charge in [-0.1, -0.05) is 68.2 Å². The number of aliphatic imine (C=N–C) groups is 1. The molecule has 2 fully saturated rings. The number of hydrogen-bond acceptors (Lipinski definition) is 5. The quantitative estimate of drug-likeness (QED) is 0.241. The number of urea groups is 1. The van der Waals surface area contributed by atoms with E-state index in [1.54, 1.807) is 6.20 Å². The summed E-state index contributed by atoms with van der Waals surface area (Å²) in [6.07, 6.45) is 7.19. The van der Waals surface area contributed by atoms with E-state index in [2.05, 4.69) is 46.4 Å². The number of amides is 3. The van der Waals surface area contributed by atoms with E-state index in [1.807, 2.05) is 71.3 Å². The standard InChI is InChI=1S/C42H53Cl2N5O3/c1-8-52-35-26-36(40(3,4)5)45-27-34(35)38-46-41(6,30-12-16-32(43)17-13-30)42(7,31-14-18-33(44)19-15-31)49(38)39(51)47-23-20-29(21-24-47)25-37(50)48-22-10-9-11-28(48)2/h12-19,26-29H,8-11,20-25H2,1-7H3/t28?,41-,42+/m0/s1. The number of hydrogen-bond donors (Lipinski definition) is 0. The highest BCUT2D eigenvalue weighted by Gasteiger charge is 2.60. The van der Waals surface area contributed by atoms with Gasteiger partial charge in [0.15, 0.2) is 0 Å². The van der Waals surface area contributed by atoms with Crippen LogP contribution in [0.15, 0.2) is 65.8 Å².